The molecule has 1 aromatic carbocycles. The Morgan fingerprint density at radius 1 is 1.50 bits per heavy atom. The minimum Gasteiger partial charge on any atom is -0.348 e. The van der Waals surface area contributed by atoms with Crippen LogP contribution in [0.2, 0.25) is 5.02 Å². The highest BCUT2D eigenvalue weighted by Gasteiger charge is 2.16. The van der Waals surface area contributed by atoms with E-state index in [0.29, 0.717) is 5.02 Å². The van der Waals surface area contributed by atoms with E-state index in [2.05, 4.69) is 12.2 Å². The van der Waals surface area contributed by atoms with Crippen molar-refractivity contribution in [2.45, 2.75) is 45.2 Å². The summed E-state index contributed by atoms with van der Waals surface area (Å²) in [4.78, 5) is 11.8. The Labute approximate surface area is 114 Å². The van der Waals surface area contributed by atoms with Gasteiger partial charge in [0.05, 0.1) is 12.1 Å². The Morgan fingerprint density at radius 2 is 2.22 bits per heavy atom. The van der Waals surface area contributed by atoms with Crippen LogP contribution in [0.5, 0.6) is 0 Å². The van der Waals surface area contributed by atoms with Crippen molar-refractivity contribution in [1.29, 1.82) is 0 Å². The van der Waals surface area contributed by atoms with Crippen molar-refractivity contribution < 1.29 is 4.79 Å². The molecule has 0 unspecified atom stereocenters. The first-order chi connectivity index (χ1) is 8.54. The molecule has 0 spiro atoms. The highest BCUT2D eigenvalue weighted by atomic mass is 35.5. The molecular formula is C14H21ClN2O. The van der Waals surface area contributed by atoms with Gasteiger partial charge in [0.2, 0.25) is 5.91 Å². The van der Waals surface area contributed by atoms with E-state index < -0.39 is 6.04 Å². The van der Waals surface area contributed by atoms with E-state index in [4.69, 9.17) is 17.3 Å². The molecule has 2 atom stereocenters. The van der Waals surface area contributed by atoms with Crippen molar-refractivity contribution >= 4 is 17.5 Å². The van der Waals surface area contributed by atoms with E-state index in [1.807, 2.05) is 31.2 Å². The fraction of sp³-hybridized carbons (Fsp3) is 0.500. The first-order valence-electron chi connectivity index (χ1n) is 6.36. The first-order valence-corrected chi connectivity index (χ1v) is 6.73. The van der Waals surface area contributed by atoms with Crippen LogP contribution in [0.3, 0.4) is 0 Å². The second kappa shape index (κ2) is 7.39. The third-order valence-corrected chi connectivity index (χ3v) is 3.15. The minimum atomic E-state index is -0.424. The second-order valence-corrected chi connectivity index (χ2v) is 4.97. The summed E-state index contributed by atoms with van der Waals surface area (Å²) in [5.74, 6) is -0.101. The Kier molecular flexibility index (Phi) is 6.16. The zero-order valence-electron chi connectivity index (χ0n) is 10.9. The third-order valence-electron chi connectivity index (χ3n) is 2.91. The third kappa shape index (κ3) is 4.67. The van der Waals surface area contributed by atoms with Gasteiger partial charge in [0, 0.05) is 5.02 Å². The maximum atomic E-state index is 11.8. The van der Waals surface area contributed by atoms with Gasteiger partial charge in [-0.2, -0.15) is 0 Å². The molecule has 1 aromatic rings. The second-order valence-electron chi connectivity index (χ2n) is 4.53. The number of carbonyl (C=O) groups excluding carboxylic acids is 1. The standard InChI is InChI=1S/C14H21ClN2O/c1-3-4-8-13(16)14(18)17-10(2)11-6-5-7-12(15)9-11/h5-7,9-10,13H,3-4,8,16H2,1-2H3,(H,17,18)/t10-,13-/m0/s1. The molecule has 3 nitrogen and oxygen atoms in total. The quantitative estimate of drug-likeness (QED) is 0.833. The smallest absolute Gasteiger partial charge is 0.237 e. The Balaban J connectivity index is 2.54. The van der Waals surface area contributed by atoms with Crippen molar-refractivity contribution in [2.75, 3.05) is 0 Å². The predicted molar refractivity (Wildman–Crippen MR) is 75.5 cm³/mol. The Bertz CT molecular complexity index is 395. The summed E-state index contributed by atoms with van der Waals surface area (Å²) in [6.07, 6.45) is 2.75. The van der Waals surface area contributed by atoms with Crippen LogP contribution in [0, 0.1) is 0 Å². The molecule has 0 fully saturated rings. The van der Waals surface area contributed by atoms with Crippen LogP contribution in [-0.4, -0.2) is 11.9 Å². The van der Waals surface area contributed by atoms with Gasteiger partial charge in [0.1, 0.15) is 0 Å². The van der Waals surface area contributed by atoms with Crippen LogP contribution in [-0.2, 0) is 4.79 Å². The zero-order chi connectivity index (χ0) is 13.5. The summed E-state index contributed by atoms with van der Waals surface area (Å²) in [7, 11) is 0. The van der Waals surface area contributed by atoms with E-state index in [9.17, 15) is 4.79 Å². The first kappa shape index (κ1) is 15.0. The van der Waals surface area contributed by atoms with Gasteiger partial charge >= 0.3 is 0 Å². The number of unbranched alkanes of at least 4 members (excludes halogenated alkanes) is 1. The summed E-state index contributed by atoms with van der Waals surface area (Å²) >= 11 is 5.92. The van der Waals surface area contributed by atoms with Gasteiger partial charge in [0.15, 0.2) is 0 Å². The lowest BCUT2D eigenvalue weighted by molar-refractivity contribution is -0.123. The van der Waals surface area contributed by atoms with Gasteiger partial charge in [-0.1, -0.05) is 43.5 Å². The van der Waals surface area contributed by atoms with Crippen molar-refractivity contribution in [1.82, 2.24) is 5.32 Å². The molecule has 0 aromatic heterocycles. The summed E-state index contributed by atoms with van der Waals surface area (Å²) < 4.78 is 0. The molecule has 0 bridgehead atoms. The topological polar surface area (TPSA) is 55.1 Å². The van der Waals surface area contributed by atoms with Gasteiger partial charge in [-0.25, -0.2) is 0 Å². The van der Waals surface area contributed by atoms with Crippen molar-refractivity contribution in [3.8, 4) is 0 Å². The fourth-order valence-corrected chi connectivity index (χ4v) is 1.93. The monoisotopic (exact) mass is 268 g/mol. The number of benzene rings is 1. The number of hydrogen-bond donors (Lipinski definition) is 2. The normalized spacial score (nSPS) is 14.0. The Hall–Kier alpha value is -1.06. The molecule has 1 rings (SSSR count). The molecule has 4 heteroatoms. The number of nitrogens with one attached hydrogen (secondary N) is 1. The average Bonchev–Trinajstić information content (AvgIpc) is 2.35. The lowest BCUT2D eigenvalue weighted by atomic mass is 10.1. The van der Waals surface area contributed by atoms with Gasteiger partial charge in [-0.15, -0.1) is 0 Å². The molecule has 18 heavy (non-hydrogen) atoms. The molecule has 0 aliphatic rings. The number of rotatable bonds is 6. The van der Waals surface area contributed by atoms with Gasteiger partial charge in [0.25, 0.3) is 0 Å². The fourth-order valence-electron chi connectivity index (χ4n) is 1.73. The average molecular weight is 269 g/mol. The lowest BCUT2D eigenvalue weighted by Crippen LogP contribution is -2.41. The SMILES string of the molecule is CCCC[C@H](N)C(=O)N[C@@H](C)c1cccc(Cl)c1. The molecule has 0 radical (unpaired) electrons. The maximum absolute atomic E-state index is 11.8. The summed E-state index contributed by atoms with van der Waals surface area (Å²) in [5, 5.41) is 3.58. The number of carbonyl (C=O) groups is 1. The van der Waals surface area contributed by atoms with Crippen LogP contribution >= 0.6 is 11.6 Å². The van der Waals surface area contributed by atoms with Crippen LogP contribution < -0.4 is 11.1 Å². The highest BCUT2D eigenvalue weighted by molar-refractivity contribution is 6.30. The molecule has 0 heterocycles. The van der Waals surface area contributed by atoms with Crippen molar-refractivity contribution in [2.24, 2.45) is 5.73 Å². The van der Waals surface area contributed by atoms with E-state index in [1.165, 1.54) is 0 Å². The van der Waals surface area contributed by atoms with Crippen LogP contribution in [0.4, 0.5) is 0 Å². The highest BCUT2D eigenvalue weighted by Crippen LogP contribution is 2.17. The van der Waals surface area contributed by atoms with Crippen molar-refractivity contribution in [3.63, 3.8) is 0 Å². The summed E-state index contributed by atoms with van der Waals surface area (Å²) in [6.45, 7) is 4.01. The number of nitrogens with two attached hydrogens (primary N) is 1. The molecule has 3 N–H and O–H groups in total. The van der Waals surface area contributed by atoms with E-state index in [1.54, 1.807) is 0 Å². The van der Waals surface area contributed by atoms with Crippen LogP contribution in [0.1, 0.15) is 44.7 Å². The molecule has 0 saturated carbocycles. The van der Waals surface area contributed by atoms with Gasteiger partial charge < -0.3 is 11.1 Å². The van der Waals surface area contributed by atoms with Gasteiger partial charge in [-0.05, 0) is 31.0 Å². The Morgan fingerprint density at radius 3 is 2.83 bits per heavy atom. The molecule has 1 amide bonds. The number of amides is 1. The molecular weight excluding hydrogens is 248 g/mol. The molecule has 0 saturated heterocycles. The molecule has 100 valence electrons. The largest absolute Gasteiger partial charge is 0.348 e. The van der Waals surface area contributed by atoms with E-state index >= 15 is 0 Å². The zero-order valence-corrected chi connectivity index (χ0v) is 11.7. The maximum Gasteiger partial charge on any atom is 0.237 e. The molecule has 0 aliphatic heterocycles. The summed E-state index contributed by atoms with van der Waals surface area (Å²) in [5.41, 5.74) is 6.81. The summed E-state index contributed by atoms with van der Waals surface area (Å²) in [6, 6.07) is 6.97. The lowest BCUT2D eigenvalue weighted by Gasteiger charge is -2.18. The minimum absolute atomic E-state index is 0.0797. The van der Waals surface area contributed by atoms with Crippen LogP contribution in [0.25, 0.3) is 0 Å². The van der Waals surface area contributed by atoms with Crippen LogP contribution in [0.15, 0.2) is 24.3 Å². The number of hydrogen-bond acceptors (Lipinski definition) is 2. The number of halogens is 1. The van der Waals surface area contributed by atoms with Crippen molar-refractivity contribution in [3.05, 3.63) is 34.9 Å². The van der Waals surface area contributed by atoms with Gasteiger partial charge in [-0.3, -0.25) is 4.79 Å². The predicted octanol–water partition coefficient (Wildman–Crippen LogP) is 3.03. The van der Waals surface area contributed by atoms with E-state index in [-0.39, 0.29) is 11.9 Å². The van der Waals surface area contributed by atoms with E-state index in [0.717, 1.165) is 24.8 Å². The molecule has 0 aliphatic carbocycles.